The first-order chi connectivity index (χ1) is 11.4. The summed E-state index contributed by atoms with van der Waals surface area (Å²) in [5, 5.41) is 2.88. The van der Waals surface area contributed by atoms with E-state index in [4.69, 9.17) is 16.3 Å². The van der Waals surface area contributed by atoms with E-state index in [2.05, 4.69) is 5.32 Å². The minimum Gasteiger partial charge on any atom is -0.495 e. The van der Waals surface area contributed by atoms with Crippen molar-refractivity contribution in [1.82, 2.24) is 0 Å². The number of rotatable bonds is 3. The molecule has 3 rings (SSSR count). The molecule has 2 aromatic carbocycles. The summed E-state index contributed by atoms with van der Waals surface area (Å²) in [4.78, 5) is 12.1. The molecule has 0 aromatic heterocycles. The number of nitrogens with one attached hydrogen (secondary N) is 1. The number of ether oxygens (including phenoxy) is 1. The van der Waals surface area contributed by atoms with Gasteiger partial charge in [0.15, 0.2) is 0 Å². The molecule has 2 aromatic rings. The third-order valence-corrected chi connectivity index (χ3v) is 5.99. The van der Waals surface area contributed by atoms with Crippen LogP contribution in [0.4, 0.5) is 11.4 Å². The topological polar surface area (TPSA) is 75.7 Å². The van der Waals surface area contributed by atoms with Gasteiger partial charge in [0.05, 0.1) is 28.4 Å². The predicted molar refractivity (Wildman–Crippen MR) is 92.2 cm³/mol. The number of nitrogens with zero attached hydrogens (tertiary/aromatic N) is 1. The summed E-state index contributed by atoms with van der Waals surface area (Å²) < 4.78 is 32.4. The lowest BCUT2D eigenvalue weighted by Gasteiger charge is -2.35. The first-order valence-electron chi connectivity index (χ1n) is 7.14. The SMILES string of the molecule is COc1ccc(S(=O)(=O)N2c3ccccc3NC(=O)[C@@H]2C)cc1Cl. The van der Waals surface area contributed by atoms with Crippen LogP contribution in [-0.4, -0.2) is 27.5 Å². The van der Waals surface area contributed by atoms with Crippen LogP contribution in [0.25, 0.3) is 0 Å². The summed E-state index contributed by atoms with van der Waals surface area (Å²) in [5.41, 5.74) is 0.861. The van der Waals surface area contributed by atoms with Crippen molar-refractivity contribution in [1.29, 1.82) is 0 Å². The highest BCUT2D eigenvalue weighted by Gasteiger charge is 2.38. The van der Waals surface area contributed by atoms with E-state index in [1.807, 2.05) is 0 Å². The van der Waals surface area contributed by atoms with Crippen LogP contribution in [0.5, 0.6) is 5.75 Å². The Morgan fingerprint density at radius 1 is 1.21 bits per heavy atom. The summed E-state index contributed by atoms with van der Waals surface area (Å²) >= 11 is 6.05. The second-order valence-electron chi connectivity index (χ2n) is 5.28. The molecule has 24 heavy (non-hydrogen) atoms. The second kappa shape index (κ2) is 5.99. The molecule has 0 saturated carbocycles. The van der Waals surface area contributed by atoms with Gasteiger partial charge in [0, 0.05) is 0 Å². The molecule has 0 fully saturated rings. The maximum Gasteiger partial charge on any atom is 0.265 e. The van der Waals surface area contributed by atoms with Gasteiger partial charge in [-0.15, -0.1) is 0 Å². The van der Waals surface area contributed by atoms with E-state index < -0.39 is 22.0 Å². The monoisotopic (exact) mass is 366 g/mol. The molecule has 0 unspecified atom stereocenters. The number of carbonyl (C=O) groups excluding carboxylic acids is 1. The van der Waals surface area contributed by atoms with Crippen molar-refractivity contribution in [2.24, 2.45) is 0 Å². The van der Waals surface area contributed by atoms with Crippen molar-refractivity contribution in [2.75, 3.05) is 16.7 Å². The molecule has 1 aliphatic rings. The van der Waals surface area contributed by atoms with Crippen molar-refractivity contribution in [2.45, 2.75) is 17.9 Å². The molecule has 0 saturated heterocycles. The highest BCUT2D eigenvalue weighted by molar-refractivity contribution is 7.93. The zero-order chi connectivity index (χ0) is 17.5. The fraction of sp³-hybridized carbons (Fsp3) is 0.188. The number of para-hydroxylation sites is 2. The molecule has 0 radical (unpaired) electrons. The number of sulfonamides is 1. The van der Waals surface area contributed by atoms with E-state index >= 15 is 0 Å². The summed E-state index contributed by atoms with van der Waals surface area (Å²) in [6.45, 7) is 1.54. The van der Waals surface area contributed by atoms with Crippen LogP contribution in [0.1, 0.15) is 6.92 Å². The van der Waals surface area contributed by atoms with Crippen LogP contribution in [0.3, 0.4) is 0 Å². The number of hydrogen-bond donors (Lipinski definition) is 1. The third-order valence-electron chi connectivity index (χ3n) is 3.81. The Balaban J connectivity index is 2.15. The Morgan fingerprint density at radius 3 is 2.58 bits per heavy atom. The number of amides is 1. The van der Waals surface area contributed by atoms with Gasteiger partial charge in [0.25, 0.3) is 10.0 Å². The highest BCUT2D eigenvalue weighted by Crippen LogP contribution is 2.37. The summed E-state index contributed by atoms with van der Waals surface area (Å²) in [6.07, 6.45) is 0. The minimum absolute atomic E-state index is 0.00958. The Kier molecular flexibility index (Phi) is 4.15. The van der Waals surface area contributed by atoms with Crippen LogP contribution in [0, 0.1) is 0 Å². The fourth-order valence-corrected chi connectivity index (χ4v) is 4.57. The van der Waals surface area contributed by atoms with Crippen LogP contribution in [0.15, 0.2) is 47.4 Å². The number of benzene rings is 2. The first-order valence-corrected chi connectivity index (χ1v) is 8.96. The molecular weight excluding hydrogens is 352 g/mol. The van der Waals surface area contributed by atoms with E-state index in [0.717, 1.165) is 4.31 Å². The normalized spacial score (nSPS) is 17.2. The highest BCUT2D eigenvalue weighted by atomic mass is 35.5. The summed E-state index contributed by atoms with van der Waals surface area (Å²) in [6, 6.07) is 10.1. The van der Waals surface area contributed by atoms with Gasteiger partial charge in [-0.25, -0.2) is 8.42 Å². The van der Waals surface area contributed by atoms with Gasteiger partial charge < -0.3 is 10.1 Å². The van der Waals surface area contributed by atoms with Gasteiger partial charge in [-0.3, -0.25) is 9.10 Å². The number of anilines is 2. The Morgan fingerprint density at radius 2 is 1.92 bits per heavy atom. The molecule has 1 aliphatic heterocycles. The van der Waals surface area contributed by atoms with Gasteiger partial charge in [0.2, 0.25) is 5.91 Å². The smallest absolute Gasteiger partial charge is 0.265 e. The lowest BCUT2D eigenvalue weighted by molar-refractivity contribution is -0.117. The molecule has 1 N–H and O–H groups in total. The fourth-order valence-electron chi connectivity index (χ4n) is 2.58. The van der Waals surface area contributed by atoms with E-state index in [1.165, 1.54) is 32.2 Å². The van der Waals surface area contributed by atoms with Crippen molar-refractivity contribution in [3.8, 4) is 5.75 Å². The Labute approximate surface area is 145 Å². The average Bonchev–Trinajstić information content (AvgIpc) is 2.55. The summed E-state index contributed by atoms with van der Waals surface area (Å²) in [7, 11) is -2.53. The molecule has 1 atom stereocenters. The number of carbonyl (C=O) groups is 1. The molecule has 6 nitrogen and oxygen atoms in total. The number of methoxy groups -OCH3 is 1. The van der Waals surface area contributed by atoms with Crippen molar-refractivity contribution < 1.29 is 17.9 Å². The number of hydrogen-bond acceptors (Lipinski definition) is 4. The maximum atomic E-state index is 13.1. The van der Waals surface area contributed by atoms with E-state index in [0.29, 0.717) is 17.1 Å². The average molecular weight is 367 g/mol. The molecule has 0 bridgehead atoms. The largest absolute Gasteiger partial charge is 0.495 e. The van der Waals surface area contributed by atoms with Gasteiger partial charge in [0.1, 0.15) is 11.8 Å². The predicted octanol–water partition coefficient (Wildman–Crippen LogP) is 2.88. The van der Waals surface area contributed by atoms with Gasteiger partial charge in [-0.2, -0.15) is 0 Å². The first kappa shape index (κ1) is 16.6. The van der Waals surface area contributed by atoms with Crippen molar-refractivity contribution in [3.05, 3.63) is 47.5 Å². The molecule has 0 aliphatic carbocycles. The van der Waals surface area contributed by atoms with Gasteiger partial charge >= 0.3 is 0 Å². The standard InChI is InChI=1S/C16H15ClN2O4S/c1-10-16(20)18-13-5-3-4-6-14(13)19(10)24(21,22)11-7-8-15(23-2)12(17)9-11/h3-10H,1-2H3,(H,18,20)/t10-/m0/s1. The summed E-state index contributed by atoms with van der Waals surface area (Å²) in [5.74, 6) is -0.0164. The quantitative estimate of drug-likeness (QED) is 0.906. The zero-order valence-electron chi connectivity index (χ0n) is 13.0. The lowest BCUT2D eigenvalue weighted by atomic mass is 10.1. The van der Waals surface area contributed by atoms with Gasteiger partial charge in [-0.1, -0.05) is 23.7 Å². The number of halogens is 1. The maximum absolute atomic E-state index is 13.1. The molecule has 1 amide bonds. The van der Waals surface area contributed by atoms with Crippen molar-refractivity contribution >= 4 is 38.9 Å². The Bertz CT molecular complexity index is 914. The lowest BCUT2D eigenvalue weighted by Crippen LogP contribution is -2.49. The minimum atomic E-state index is -3.97. The Hall–Kier alpha value is -2.25. The van der Waals surface area contributed by atoms with Crippen LogP contribution in [-0.2, 0) is 14.8 Å². The van der Waals surface area contributed by atoms with Gasteiger partial charge in [-0.05, 0) is 37.3 Å². The van der Waals surface area contributed by atoms with Crippen LogP contribution < -0.4 is 14.4 Å². The molecule has 126 valence electrons. The molecular formula is C16H15ClN2O4S. The van der Waals surface area contributed by atoms with E-state index in [-0.39, 0.29) is 9.92 Å². The molecule has 1 heterocycles. The third kappa shape index (κ3) is 2.59. The molecule has 0 spiro atoms. The van der Waals surface area contributed by atoms with E-state index in [9.17, 15) is 13.2 Å². The van der Waals surface area contributed by atoms with E-state index in [1.54, 1.807) is 24.3 Å². The van der Waals surface area contributed by atoms with Crippen LogP contribution in [0.2, 0.25) is 5.02 Å². The zero-order valence-corrected chi connectivity index (χ0v) is 14.6. The second-order valence-corrected chi connectivity index (χ2v) is 7.50. The molecule has 8 heteroatoms. The van der Waals surface area contributed by atoms with Crippen LogP contribution >= 0.6 is 11.6 Å². The number of fused-ring (bicyclic) bond motifs is 1. The van der Waals surface area contributed by atoms with Crippen molar-refractivity contribution in [3.63, 3.8) is 0 Å².